The molecule has 3 heteroatoms. The number of benzene rings is 2. The predicted molar refractivity (Wildman–Crippen MR) is 92.9 cm³/mol. The minimum absolute atomic E-state index is 0.880. The van der Waals surface area contributed by atoms with E-state index in [-0.39, 0.29) is 0 Å². The van der Waals surface area contributed by atoms with Crippen LogP contribution in [0.2, 0.25) is 0 Å². The van der Waals surface area contributed by atoms with Gasteiger partial charge in [0.1, 0.15) is 0 Å². The van der Waals surface area contributed by atoms with E-state index in [9.17, 15) is 0 Å². The molecule has 0 radical (unpaired) electrons. The SMILES string of the molecule is Cc1cc(-c2cnccn2)cc(-c2cccc3cccnc23)c1. The van der Waals surface area contributed by atoms with Crippen molar-refractivity contribution < 1.29 is 0 Å². The van der Waals surface area contributed by atoms with Crippen LogP contribution in [0.4, 0.5) is 0 Å². The highest BCUT2D eigenvalue weighted by atomic mass is 14.8. The van der Waals surface area contributed by atoms with Gasteiger partial charge in [-0.1, -0.05) is 30.3 Å². The molecule has 2 heterocycles. The van der Waals surface area contributed by atoms with Gasteiger partial charge >= 0.3 is 0 Å². The highest BCUT2D eigenvalue weighted by Crippen LogP contribution is 2.31. The summed E-state index contributed by atoms with van der Waals surface area (Å²) >= 11 is 0. The molecule has 0 atom stereocenters. The molecule has 0 aliphatic carbocycles. The van der Waals surface area contributed by atoms with Crippen molar-refractivity contribution in [1.82, 2.24) is 15.0 Å². The molecule has 3 nitrogen and oxygen atoms in total. The van der Waals surface area contributed by atoms with Crippen molar-refractivity contribution in [3.05, 3.63) is 78.9 Å². The largest absolute Gasteiger partial charge is 0.261 e. The van der Waals surface area contributed by atoms with E-state index < -0.39 is 0 Å². The van der Waals surface area contributed by atoms with Crippen LogP contribution in [0.15, 0.2) is 73.3 Å². The highest BCUT2D eigenvalue weighted by Gasteiger charge is 2.08. The van der Waals surface area contributed by atoms with Gasteiger partial charge < -0.3 is 0 Å². The zero-order chi connectivity index (χ0) is 15.6. The Hall–Kier alpha value is -3.07. The number of pyridine rings is 1. The maximum atomic E-state index is 4.56. The Morgan fingerprint density at radius 3 is 2.52 bits per heavy atom. The first kappa shape index (κ1) is 13.6. The quantitative estimate of drug-likeness (QED) is 0.540. The Bertz CT molecular complexity index is 973. The van der Waals surface area contributed by atoms with Gasteiger partial charge in [-0.3, -0.25) is 15.0 Å². The summed E-state index contributed by atoms with van der Waals surface area (Å²) in [6, 6.07) is 16.8. The molecular formula is C20H15N3. The van der Waals surface area contributed by atoms with Crippen LogP contribution in [0.5, 0.6) is 0 Å². The van der Waals surface area contributed by atoms with Gasteiger partial charge in [0, 0.05) is 35.1 Å². The lowest BCUT2D eigenvalue weighted by Crippen LogP contribution is -1.89. The van der Waals surface area contributed by atoms with Gasteiger partial charge in [-0.05, 0) is 36.2 Å². The standard InChI is InChI=1S/C20H15N3/c1-14-10-16(12-17(11-14)19-13-21-8-9-22-19)18-6-2-4-15-5-3-7-23-20(15)18/h2-13H,1H3. The average molecular weight is 297 g/mol. The van der Waals surface area contributed by atoms with Crippen molar-refractivity contribution in [2.24, 2.45) is 0 Å². The number of rotatable bonds is 2. The zero-order valence-electron chi connectivity index (χ0n) is 12.8. The Labute approximate surface area is 134 Å². The minimum Gasteiger partial charge on any atom is -0.261 e. The van der Waals surface area contributed by atoms with E-state index in [1.54, 1.807) is 18.6 Å². The van der Waals surface area contributed by atoms with Gasteiger partial charge in [0.15, 0.2) is 0 Å². The Kier molecular flexibility index (Phi) is 3.31. The second kappa shape index (κ2) is 5.61. The molecule has 0 unspecified atom stereocenters. The summed E-state index contributed by atoms with van der Waals surface area (Å²) in [7, 11) is 0. The van der Waals surface area contributed by atoms with Crippen LogP contribution >= 0.6 is 0 Å². The van der Waals surface area contributed by atoms with Gasteiger partial charge in [-0.2, -0.15) is 0 Å². The lowest BCUT2D eigenvalue weighted by atomic mass is 9.97. The van der Waals surface area contributed by atoms with E-state index in [1.165, 1.54) is 5.56 Å². The summed E-state index contributed by atoms with van der Waals surface area (Å²) in [5, 5.41) is 1.15. The van der Waals surface area contributed by atoms with Crippen molar-refractivity contribution in [3.63, 3.8) is 0 Å². The first-order chi connectivity index (χ1) is 11.3. The number of aromatic nitrogens is 3. The second-order valence-corrected chi connectivity index (χ2v) is 5.56. The van der Waals surface area contributed by atoms with Crippen LogP contribution in [0.25, 0.3) is 33.3 Å². The third kappa shape index (κ3) is 2.57. The van der Waals surface area contributed by atoms with Crippen LogP contribution in [-0.2, 0) is 0 Å². The van der Waals surface area contributed by atoms with Crippen LogP contribution in [0, 0.1) is 6.92 Å². The van der Waals surface area contributed by atoms with E-state index in [0.29, 0.717) is 0 Å². The molecule has 110 valence electrons. The van der Waals surface area contributed by atoms with E-state index >= 15 is 0 Å². The average Bonchev–Trinajstić information content (AvgIpc) is 2.61. The molecule has 0 N–H and O–H groups in total. The van der Waals surface area contributed by atoms with Crippen molar-refractivity contribution in [1.29, 1.82) is 0 Å². The molecule has 2 aromatic heterocycles. The lowest BCUT2D eigenvalue weighted by Gasteiger charge is -2.09. The lowest BCUT2D eigenvalue weighted by molar-refractivity contribution is 1.20. The molecule has 0 aliphatic rings. The molecule has 23 heavy (non-hydrogen) atoms. The number of fused-ring (bicyclic) bond motifs is 1. The first-order valence-electron chi connectivity index (χ1n) is 7.53. The normalized spacial score (nSPS) is 10.8. The first-order valence-corrected chi connectivity index (χ1v) is 7.53. The van der Waals surface area contributed by atoms with Crippen LogP contribution in [0.1, 0.15) is 5.56 Å². The predicted octanol–water partition coefficient (Wildman–Crippen LogP) is 4.67. The molecular weight excluding hydrogens is 282 g/mol. The molecule has 4 aromatic rings. The number of nitrogens with zero attached hydrogens (tertiary/aromatic N) is 3. The summed E-state index contributed by atoms with van der Waals surface area (Å²) < 4.78 is 0. The molecule has 0 spiro atoms. The van der Waals surface area contributed by atoms with Crippen LogP contribution in [-0.4, -0.2) is 15.0 Å². The third-order valence-corrected chi connectivity index (χ3v) is 3.88. The maximum absolute atomic E-state index is 4.56. The summed E-state index contributed by atoms with van der Waals surface area (Å²) in [4.78, 5) is 13.1. The van der Waals surface area contributed by atoms with E-state index in [4.69, 9.17) is 0 Å². The molecule has 0 aliphatic heterocycles. The van der Waals surface area contributed by atoms with Gasteiger partial charge in [-0.25, -0.2) is 0 Å². The fraction of sp³-hybridized carbons (Fsp3) is 0.0500. The molecule has 0 bridgehead atoms. The van der Waals surface area contributed by atoms with Gasteiger partial charge in [0.25, 0.3) is 0 Å². The summed E-state index contributed by atoms with van der Waals surface area (Å²) in [6.45, 7) is 2.10. The summed E-state index contributed by atoms with van der Waals surface area (Å²) in [5.41, 5.74) is 6.44. The molecule has 2 aromatic carbocycles. The number of hydrogen-bond donors (Lipinski definition) is 0. The molecule has 0 saturated carbocycles. The Balaban J connectivity index is 1.94. The van der Waals surface area contributed by atoms with E-state index in [1.807, 2.05) is 12.3 Å². The van der Waals surface area contributed by atoms with Crippen molar-refractivity contribution in [2.45, 2.75) is 6.92 Å². The van der Waals surface area contributed by atoms with E-state index in [0.717, 1.165) is 33.3 Å². The fourth-order valence-electron chi connectivity index (χ4n) is 2.87. The molecule has 0 fully saturated rings. The molecule has 0 amide bonds. The second-order valence-electron chi connectivity index (χ2n) is 5.56. The van der Waals surface area contributed by atoms with Crippen LogP contribution in [0.3, 0.4) is 0 Å². The van der Waals surface area contributed by atoms with Gasteiger partial charge in [0.2, 0.25) is 0 Å². The Morgan fingerprint density at radius 1 is 0.783 bits per heavy atom. The third-order valence-electron chi connectivity index (χ3n) is 3.88. The summed E-state index contributed by atoms with van der Waals surface area (Å²) in [5.74, 6) is 0. The zero-order valence-corrected chi connectivity index (χ0v) is 12.8. The molecule has 4 rings (SSSR count). The number of para-hydroxylation sites is 1. The number of aryl methyl sites for hydroxylation is 1. The number of hydrogen-bond acceptors (Lipinski definition) is 3. The van der Waals surface area contributed by atoms with Crippen molar-refractivity contribution in [3.8, 4) is 22.4 Å². The maximum Gasteiger partial charge on any atom is 0.0885 e. The minimum atomic E-state index is 0.880. The smallest absolute Gasteiger partial charge is 0.0885 e. The topological polar surface area (TPSA) is 38.7 Å². The summed E-state index contributed by atoms with van der Waals surface area (Å²) in [6.07, 6.45) is 7.04. The van der Waals surface area contributed by atoms with Crippen LogP contribution < -0.4 is 0 Å². The fourth-order valence-corrected chi connectivity index (χ4v) is 2.87. The van der Waals surface area contributed by atoms with E-state index in [2.05, 4.69) is 64.3 Å². The van der Waals surface area contributed by atoms with Gasteiger partial charge in [-0.15, -0.1) is 0 Å². The monoisotopic (exact) mass is 297 g/mol. The molecule has 0 saturated heterocycles. The highest BCUT2D eigenvalue weighted by molar-refractivity contribution is 5.94. The van der Waals surface area contributed by atoms with Crippen molar-refractivity contribution >= 4 is 10.9 Å². The Morgan fingerprint density at radius 2 is 1.65 bits per heavy atom. The van der Waals surface area contributed by atoms with Gasteiger partial charge in [0.05, 0.1) is 17.4 Å². The van der Waals surface area contributed by atoms with Crippen molar-refractivity contribution in [2.75, 3.05) is 0 Å².